The molecule has 0 aliphatic carbocycles. The number of halogens is 6. The van der Waals surface area contributed by atoms with Crippen molar-refractivity contribution in [2.45, 2.75) is 201 Å². The number of hydrogen-bond acceptors (Lipinski definition) is 3. The first-order valence-corrected chi connectivity index (χ1v) is 35.1. The molecule has 0 bridgehead atoms. The second-order valence-corrected chi connectivity index (χ2v) is 30.6. The molecular weight excluding hydrogens is 1260 g/mol. The molecule has 10 heteroatoms. The van der Waals surface area contributed by atoms with Crippen LogP contribution >= 0.6 is 11.8 Å². The highest BCUT2D eigenvalue weighted by Gasteiger charge is 2.72. The maximum absolute atomic E-state index is 13.7. The van der Waals surface area contributed by atoms with Gasteiger partial charge in [-0.2, -0.15) is 26.3 Å². The van der Waals surface area contributed by atoms with Crippen LogP contribution in [0.3, 0.4) is 0 Å². The van der Waals surface area contributed by atoms with E-state index in [9.17, 15) is 34.8 Å². The predicted octanol–water partition coefficient (Wildman–Crippen LogP) is 25.0. The maximum atomic E-state index is 13.7. The topological polar surface area (TPSA) is 34.1 Å². The van der Waals surface area contributed by atoms with Crippen LogP contribution < -0.4 is 0 Å². The van der Waals surface area contributed by atoms with Crippen LogP contribution in [-0.4, -0.2) is 20.8 Å². The lowest BCUT2D eigenvalue weighted by Gasteiger charge is -2.38. The highest BCUT2D eigenvalue weighted by atomic mass is 32.2. The predicted molar refractivity (Wildman–Crippen MR) is 396 cm³/mol. The molecule has 2 nitrogen and oxygen atoms in total. The zero-order valence-electron chi connectivity index (χ0n) is 60.9. The second-order valence-electron chi connectivity index (χ2n) is 27.5. The largest absolute Gasteiger partial charge is 0.411 e. The maximum Gasteiger partial charge on any atom is 0.411 e. The molecule has 10 aromatic carbocycles. The summed E-state index contributed by atoms with van der Waals surface area (Å²) in [6, 6.07) is 58.4. The molecule has 0 aliphatic heterocycles. The summed E-state index contributed by atoms with van der Waals surface area (Å²) >= 11 is 1.80. The lowest BCUT2D eigenvalue weighted by Crippen LogP contribution is -2.54. The van der Waals surface area contributed by atoms with Gasteiger partial charge < -0.3 is 0 Å². The van der Waals surface area contributed by atoms with E-state index >= 15 is 0 Å². The van der Waals surface area contributed by atoms with Crippen LogP contribution in [0.15, 0.2) is 214 Å². The first-order valence-electron chi connectivity index (χ1n) is 32.8. The molecular formula is C87H98F6O2S2. The van der Waals surface area contributed by atoms with Crippen LogP contribution in [0.1, 0.15) is 161 Å². The minimum Gasteiger partial charge on any atom is -0.219 e. The Labute approximate surface area is 581 Å². The molecule has 0 unspecified atom stereocenters. The molecule has 0 N–H and O–H groups in total. The standard InChI is InChI=1S/2C21H28.C17H14F6.C14H14O2S.C14H14S/c2*1-13-9-19(10-14(2)17(13)5)21(7,8)20-11-15(3)18(6)16(4)12-20;1-11-3-7-13(8-4-11)15(16(18,19)20,17(21,22)23)14-9-5-12(2)6-10-14;1-11-3-7-13(8-4-11)17(15,16)14-9-5-12(2)6-10-14;1-11-3-7-13(8-4-11)15-14-9-5-12(2)6-10-14/h2*9-12H,1-8H3;3-10H,1-2H3;3-10H,1-2H3;3-10H,1-2H3. The van der Waals surface area contributed by atoms with Crippen LogP contribution in [0.25, 0.3) is 0 Å². The second kappa shape index (κ2) is 31.7. The van der Waals surface area contributed by atoms with Crippen molar-refractivity contribution in [3.05, 3.63) is 328 Å². The van der Waals surface area contributed by atoms with E-state index in [1.165, 1.54) is 134 Å². The number of hydrogen-bond donors (Lipinski definition) is 0. The Morgan fingerprint density at radius 2 is 0.433 bits per heavy atom. The van der Waals surface area contributed by atoms with Gasteiger partial charge >= 0.3 is 12.4 Å². The van der Waals surface area contributed by atoms with Crippen molar-refractivity contribution >= 4 is 21.6 Å². The molecule has 0 aliphatic rings. The molecule has 0 saturated heterocycles. The van der Waals surface area contributed by atoms with Crippen molar-refractivity contribution in [3.8, 4) is 0 Å². The molecule has 0 saturated carbocycles. The minimum atomic E-state index is -5.53. The molecule has 0 atom stereocenters. The Kier molecular flexibility index (Phi) is 25.5. The van der Waals surface area contributed by atoms with Crippen molar-refractivity contribution in [2.24, 2.45) is 0 Å². The molecule has 0 amide bonds. The van der Waals surface area contributed by atoms with E-state index in [1.807, 2.05) is 13.8 Å². The van der Waals surface area contributed by atoms with Crippen molar-refractivity contribution < 1.29 is 34.8 Å². The summed E-state index contributed by atoms with van der Waals surface area (Å²) in [5.74, 6) is 0. The van der Waals surface area contributed by atoms with E-state index in [-0.39, 0.29) is 10.8 Å². The number of aryl methyl sites for hydroxylation is 14. The molecule has 0 heterocycles. The lowest BCUT2D eigenvalue weighted by atomic mass is 9.72. The van der Waals surface area contributed by atoms with Gasteiger partial charge in [-0.25, -0.2) is 8.42 Å². The average Bonchev–Trinajstić information content (AvgIpc) is 0.722. The summed E-state index contributed by atoms with van der Waals surface area (Å²) in [4.78, 5) is 3.27. The fourth-order valence-corrected chi connectivity index (χ4v) is 13.5. The zero-order valence-corrected chi connectivity index (χ0v) is 62.5. The summed E-state index contributed by atoms with van der Waals surface area (Å²) < 4.78 is 107. The van der Waals surface area contributed by atoms with Gasteiger partial charge in [-0.1, -0.05) is 218 Å². The Balaban J connectivity index is 0.000000193. The van der Waals surface area contributed by atoms with Gasteiger partial charge in [0.15, 0.2) is 0 Å². The molecule has 0 fully saturated rings. The monoisotopic (exact) mass is 1350 g/mol. The van der Waals surface area contributed by atoms with E-state index in [0.29, 0.717) is 20.9 Å². The van der Waals surface area contributed by atoms with Crippen molar-refractivity contribution in [2.75, 3.05) is 0 Å². The van der Waals surface area contributed by atoms with Gasteiger partial charge in [0, 0.05) is 20.6 Å². The van der Waals surface area contributed by atoms with E-state index in [4.69, 9.17) is 0 Å². The smallest absolute Gasteiger partial charge is 0.219 e. The highest BCUT2D eigenvalue weighted by Crippen LogP contribution is 2.56. The molecule has 10 aromatic rings. The highest BCUT2D eigenvalue weighted by molar-refractivity contribution is 7.99. The quantitative estimate of drug-likeness (QED) is 0.128. The Bertz CT molecular complexity index is 3930. The van der Waals surface area contributed by atoms with Crippen LogP contribution in [0.4, 0.5) is 26.3 Å². The number of benzene rings is 10. The van der Waals surface area contributed by atoms with E-state index < -0.39 is 38.7 Å². The fraction of sp³-hybridized carbons (Fsp3) is 0.310. The third-order valence-corrected chi connectivity index (χ3v) is 22.2. The number of rotatable bonds is 10. The normalized spacial score (nSPS) is 11.8. The fourth-order valence-electron chi connectivity index (χ4n) is 11.4. The Morgan fingerprint density at radius 3 is 0.619 bits per heavy atom. The van der Waals surface area contributed by atoms with Crippen molar-refractivity contribution in [1.82, 2.24) is 0 Å². The zero-order chi connectivity index (χ0) is 72.5. The van der Waals surface area contributed by atoms with Gasteiger partial charge in [-0.3, -0.25) is 0 Å². The Morgan fingerprint density at radius 1 is 0.258 bits per heavy atom. The summed E-state index contributed by atoms with van der Waals surface area (Å²) in [7, 11) is -3.37. The lowest BCUT2D eigenvalue weighted by molar-refractivity contribution is -0.288. The van der Waals surface area contributed by atoms with Crippen molar-refractivity contribution in [1.29, 1.82) is 0 Å². The summed E-state index contributed by atoms with van der Waals surface area (Å²) in [6.07, 6.45) is -11.1. The third kappa shape index (κ3) is 18.8. The SMILES string of the molecule is Cc1cc(C(C)(C)c2cc(C)c(C)c(C)c2)cc(C)c1C.Cc1cc(C(C)(C)c2cc(C)c(C)c(C)c2)cc(C)c1C.Cc1ccc(C(c2ccc(C)cc2)(C(F)(F)F)C(F)(F)F)cc1.Cc1ccc(S(=O)(=O)c2ccc(C)cc2)cc1.Cc1ccc(Sc2ccc(C)cc2)cc1. The van der Waals surface area contributed by atoms with Crippen LogP contribution in [-0.2, 0) is 26.1 Å². The molecule has 10 rings (SSSR count). The van der Waals surface area contributed by atoms with Gasteiger partial charge in [-0.15, -0.1) is 0 Å². The summed E-state index contributed by atoms with van der Waals surface area (Å²) in [5.41, 5.74) is 22.6. The van der Waals surface area contributed by atoms with Gasteiger partial charge in [0.2, 0.25) is 15.3 Å². The van der Waals surface area contributed by atoms with Crippen LogP contribution in [0, 0.1) is 125 Å². The molecule has 512 valence electrons. The molecule has 0 spiro atoms. The molecule has 0 radical (unpaired) electrons. The third-order valence-electron chi connectivity index (χ3n) is 19.4. The van der Waals surface area contributed by atoms with Crippen molar-refractivity contribution in [3.63, 3.8) is 0 Å². The molecule has 0 aromatic heterocycles. The van der Waals surface area contributed by atoms with Gasteiger partial charge in [0.1, 0.15) is 0 Å². The first kappa shape index (κ1) is 78.1. The number of alkyl halides is 6. The van der Waals surface area contributed by atoms with E-state index in [2.05, 4.69) is 222 Å². The first-order chi connectivity index (χ1) is 45.0. The number of sulfone groups is 1. The van der Waals surface area contributed by atoms with E-state index in [0.717, 1.165) is 35.4 Å². The Hall–Kier alpha value is -7.92. The average molecular weight is 1350 g/mol. The summed E-state index contributed by atoms with van der Waals surface area (Å²) in [6.45, 7) is 47.2. The summed E-state index contributed by atoms with van der Waals surface area (Å²) in [5, 5.41) is 0. The van der Waals surface area contributed by atoms with Crippen LogP contribution in [0.5, 0.6) is 0 Å². The van der Waals surface area contributed by atoms with Crippen LogP contribution in [0.2, 0.25) is 0 Å². The van der Waals surface area contributed by atoms with E-state index in [1.54, 1.807) is 74.1 Å². The molecule has 97 heavy (non-hydrogen) atoms. The minimum absolute atomic E-state index is 0.0342. The van der Waals surface area contributed by atoms with Gasteiger partial charge in [0.05, 0.1) is 9.79 Å². The van der Waals surface area contributed by atoms with Gasteiger partial charge in [-0.05, 0) is 273 Å². The van der Waals surface area contributed by atoms with Gasteiger partial charge in [0.25, 0.3) is 0 Å².